The van der Waals surface area contributed by atoms with Crippen LogP contribution in [0, 0.1) is 17.0 Å². The fraction of sp³-hybridized carbons (Fsp3) is 0.478. The Balaban J connectivity index is 0.000000185. The number of halogens is 4. The number of nitrogens with one attached hydrogen (secondary N) is 2. The number of hydrogen-bond acceptors (Lipinski definition) is 7. The van der Waals surface area contributed by atoms with Crippen molar-refractivity contribution in [2.24, 2.45) is 5.41 Å². The molecule has 11 nitrogen and oxygen atoms in total. The minimum absolute atomic E-state index is 0.0447. The minimum Gasteiger partial charge on any atom is -0.371 e. The van der Waals surface area contributed by atoms with Gasteiger partial charge in [0.25, 0.3) is 12.3 Å². The van der Waals surface area contributed by atoms with Gasteiger partial charge in [0.1, 0.15) is 24.0 Å². The number of benzene rings is 3. The van der Waals surface area contributed by atoms with E-state index in [4.69, 9.17) is 0 Å². The number of piperidine rings is 1. The summed E-state index contributed by atoms with van der Waals surface area (Å²) < 4.78 is 59.1. The molecule has 0 aliphatic carbocycles. The summed E-state index contributed by atoms with van der Waals surface area (Å²) >= 11 is 0. The predicted octanol–water partition coefficient (Wildman–Crippen LogP) is 6.18. The fourth-order valence-electron chi connectivity index (χ4n) is 10.5. The van der Waals surface area contributed by atoms with Gasteiger partial charge >= 0.3 is 0 Å². The standard InChI is InChI=1S/C28H30F4N4O.C18H23N3O3/c1-17-9-20-19-5-2-3-6-23(19)33-26(20)27(36(17)12-24(31)32)25-21(29)10-18(11-22(25)30)35-8-4-7-28(15-35)13-34(14-28)16-37;1-3-20-9-12-7-14-11-21(16(5-4-6-22)17(23)19-2)18(24)15(14)8-13(12)10-20/h2-3,5-6,10-11,16-17,24,27,33H,4,7-9,12-15H2,1H3;6-8,16H,3-5,9-11H2,1-2H3,(H,19,23)/t17-,27-;/m1./s1. The van der Waals surface area contributed by atoms with Crippen molar-refractivity contribution < 1.29 is 36.7 Å². The first kappa shape index (κ1) is 42.4. The molecule has 3 amide bonds. The lowest BCUT2D eigenvalue weighted by molar-refractivity contribution is -0.130. The van der Waals surface area contributed by atoms with Crippen LogP contribution < -0.4 is 10.2 Å². The second-order valence-electron chi connectivity index (χ2n) is 17.4. The highest BCUT2D eigenvalue weighted by Crippen LogP contribution is 2.45. The number of aromatic nitrogens is 1. The van der Waals surface area contributed by atoms with Crippen LogP contribution in [0.1, 0.15) is 89.4 Å². The molecule has 324 valence electrons. The number of hydrogen-bond donors (Lipinski definition) is 2. The largest absolute Gasteiger partial charge is 0.371 e. The molecule has 61 heavy (non-hydrogen) atoms. The quantitative estimate of drug-likeness (QED) is 0.137. The number of alkyl halides is 2. The van der Waals surface area contributed by atoms with Gasteiger partial charge in [0.2, 0.25) is 12.3 Å². The average molecular weight is 844 g/mol. The van der Waals surface area contributed by atoms with Gasteiger partial charge < -0.3 is 29.8 Å². The number of likely N-dealkylation sites (tertiary alicyclic amines) is 1. The maximum absolute atomic E-state index is 15.9. The van der Waals surface area contributed by atoms with Crippen molar-refractivity contribution in [3.8, 4) is 0 Å². The number of carbonyl (C=O) groups excluding carboxylic acids is 4. The number of aromatic amines is 1. The number of rotatable bonds is 11. The van der Waals surface area contributed by atoms with Crippen LogP contribution in [0.4, 0.5) is 23.2 Å². The van der Waals surface area contributed by atoms with Crippen LogP contribution in [0.3, 0.4) is 0 Å². The number of amides is 3. The van der Waals surface area contributed by atoms with Gasteiger partial charge in [-0.3, -0.25) is 24.2 Å². The van der Waals surface area contributed by atoms with Gasteiger partial charge in [-0.1, -0.05) is 31.2 Å². The molecule has 0 bridgehead atoms. The molecule has 1 spiro atoms. The Morgan fingerprint density at radius 2 is 1.72 bits per heavy atom. The Morgan fingerprint density at radius 3 is 2.39 bits per heavy atom. The minimum atomic E-state index is -2.64. The number of para-hydroxylation sites is 1. The Bertz CT molecular complexity index is 2310. The van der Waals surface area contributed by atoms with Gasteiger partial charge in [0.15, 0.2) is 0 Å². The van der Waals surface area contributed by atoms with Gasteiger partial charge in [-0.25, -0.2) is 17.6 Å². The van der Waals surface area contributed by atoms with E-state index in [2.05, 4.69) is 28.2 Å². The fourth-order valence-corrected chi connectivity index (χ4v) is 10.5. The molecule has 5 aliphatic rings. The van der Waals surface area contributed by atoms with E-state index in [1.807, 2.05) is 42.2 Å². The Kier molecular flexibility index (Phi) is 12.0. The lowest BCUT2D eigenvalue weighted by Crippen LogP contribution is -2.62. The van der Waals surface area contributed by atoms with Gasteiger partial charge in [-0.15, -0.1) is 0 Å². The normalized spacial score (nSPS) is 21.2. The molecule has 2 fully saturated rings. The van der Waals surface area contributed by atoms with E-state index in [1.54, 1.807) is 16.8 Å². The van der Waals surface area contributed by atoms with Crippen LogP contribution in [0.15, 0.2) is 48.5 Å². The number of H-pyrrole nitrogens is 1. The second-order valence-corrected chi connectivity index (χ2v) is 17.4. The molecule has 6 heterocycles. The third kappa shape index (κ3) is 8.02. The third-order valence-electron chi connectivity index (χ3n) is 13.4. The highest BCUT2D eigenvalue weighted by atomic mass is 19.3. The van der Waals surface area contributed by atoms with Crippen LogP contribution in [0.25, 0.3) is 10.9 Å². The summed E-state index contributed by atoms with van der Waals surface area (Å²) in [4.78, 5) is 59.2. The number of nitrogens with zero attached hydrogens (tertiary/aromatic N) is 5. The van der Waals surface area contributed by atoms with E-state index in [1.165, 1.54) is 28.2 Å². The predicted molar refractivity (Wildman–Crippen MR) is 223 cm³/mol. The Labute approximate surface area is 353 Å². The first-order chi connectivity index (χ1) is 29.4. The lowest BCUT2D eigenvalue weighted by Gasteiger charge is -2.54. The monoisotopic (exact) mass is 843 g/mol. The molecule has 5 aliphatic heterocycles. The summed E-state index contributed by atoms with van der Waals surface area (Å²) in [6, 6.07) is 12.5. The summed E-state index contributed by atoms with van der Waals surface area (Å²) in [6.07, 6.45) is 1.97. The van der Waals surface area contributed by atoms with Crippen LogP contribution in [0.2, 0.25) is 0 Å². The average Bonchev–Trinajstić information content (AvgIpc) is 3.92. The molecule has 1 unspecified atom stereocenters. The molecular formula is C46H53F4N7O4. The molecular weight excluding hydrogens is 791 g/mol. The molecule has 2 N–H and O–H groups in total. The summed E-state index contributed by atoms with van der Waals surface area (Å²) in [5, 5.41) is 3.55. The summed E-state index contributed by atoms with van der Waals surface area (Å²) in [5.74, 6) is -1.80. The van der Waals surface area contributed by atoms with E-state index >= 15 is 8.78 Å². The maximum Gasteiger partial charge on any atom is 0.255 e. The van der Waals surface area contributed by atoms with E-state index in [9.17, 15) is 28.0 Å². The first-order valence-electron chi connectivity index (χ1n) is 21.3. The molecule has 15 heteroatoms. The van der Waals surface area contributed by atoms with Crippen molar-refractivity contribution in [3.63, 3.8) is 0 Å². The third-order valence-corrected chi connectivity index (χ3v) is 13.4. The van der Waals surface area contributed by atoms with E-state index < -0.39 is 36.7 Å². The lowest BCUT2D eigenvalue weighted by atomic mass is 9.73. The molecule has 0 saturated carbocycles. The van der Waals surface area contributed by atoms with Crippen LogP contribution in [-0.4, -0.2) is 114 Å². The van der Waals surface area contributed by atoms with Crippen LogP contribution >= 0.6 is 0 Å². The van der Waals surface area contributed by atoms with Gasteiger partial charge in [-0.2, -0.15) is 0 Å². The van der Waals surface area contributed by atoms with Crippen molar-refractivity contribution in [1.29, 1.82) is 0 Å². The second kappa shape index (κ2) is 17.2. The van der Waals surface area contributed by atoms with Crippen LogP contribution in [0.5, 0.6) is 0 Å². The highest BCUT2D eigenvalue weighted by molar-refractivity contribution is 6.01. The molecule has 3 atom stereocenters. The molecule has 2 saturated heterocycles. The van der Waals surface area contributed by atoms with E-state index in [0.29, 0.717) is 62.5 Å². The molecule has 9 rings (SSSR count). The van der Waals surface area contributed by atoms with Crippen molar-refractivity contribution in [3.05, 3.63) is 99.2 Å². The first-order valence-corrected chi connectivity index (χ1v) is 21.3. The molecule has 3 aromatic carbocycles. The van der Waals surface area contributed by atoms with Gasteiger partial charge in [0.05, 0.1) is 12.6 Å². The zero-order valence-corrected chi connectivity index (χ0v) is 34.9. The molecule has 4 aromatic rings. The van der Waals surface area contributed by atoms with Crippen molar-refractivity contribution in [1.82, 2.24) is 29.9 Å². The molecule has 1 aromatic heterocycles. The summed E-state index contributed by atoms with van der Waals surface area (Å²) in [6.45, 7) is 9.20. The highest BCUT2D eigenvalue weighted by Gasteiger charge is 2.46. The number of anilines is 1. The van der Waals surface area contributed by atoms with E-state index in [0.717, 1.165) is 67.2 Å². The zero-order valence-electron chi connectivity index (χ0n) is 34.9. The number of aldehydes is 1. The van der Waals surface area contributed by atoms with Crippen molar-refractivity contribution in [2.75, 3.05) is 51.2 Å². The number of carbonyl (C=O) groups is 4. The molecule has 0 radical (unpaired) electrons. The van der Waals surface area contributed by atoms with Gasteiger partial charge in [0, 0.05) is 104 Å². The van der Waals surface area contributed by atoms with Crippen molar-refractivity contribution >= 4 is 41.1 Å². The van der Waals surface area contributed by atoms with Crippen molar-refractivity contribution in [2.45, 2.75) is 90.1 Å². The van der Waals surface area contributed by atoms with Gasteiger partial charge in [-0.05, 0) is 85.7 Å². The zero-order chi connectivity index (χ0) is 43.2. The Morgan fingerprint density at radius 1 is 1.00 bits per heavy atom. The topological polar surface area (TPSA) is 112 Å². The number of fused-ring (bicyclic) bond motifs is 5. The smallest absolute Gasteiger partial charge is 0.255 e. The maximum atomic E-state index is 15.9. The summed E-state index contributed by atoms with van der Waals surface area (Å²) in [7, 11) is 1.55. The Hall–Kier alpha value is -5.28. The van der Waals surface area contributed by atoms with E-state index in [-0.39, 0.29) is 35.3 Å². The summed E-state index contributed by atoms with van der Waals surface area (Å²) in [5.41, 5.74) is 6.68. The van der Waals surface area contributed by atoms with Crippen LogP contribution in [-0.2, 0) is 40.4 Å². The number of likely N-dealkylation sites (N-methyl/N-ethyl adjacent to an activating group) is 1. The SMILES string of the molecule is CCN1Cc2cc3c(cc2C1)C(=O)N(C(CCC=O)C(=O)NC)C3.C[C@@H]1Cc2c([nH]c3ccccc23)[C@@H](c2c(F)cc(N3CCCC4(CN(C=O)C4)C3)cc2F)N1CC(F)F.